The summed E-state index contributed by atoms with van der Waals surface area (Å²) < 4.78 is 15.9. The molecule has 0 spiro atoms. The molecular weight excluding hydrogens is 258 g/mol. The van der Waals surface area contributed by atoms with Gasteiger partial charge in [-0.3, -0.25) is 0 Å². The number of hydrogen-bond donors (Lipinski definition) is 2. The molecule has 0 unspecified atom stereocenters. The highest BCUT2D eigenvalue weighted by atomic mass is 16.5. The molecule has 1 rings (SSSR count). The van der Waals surface area contributed by atoms with Crippen molar-refractivity contribution in [2.75, 3.05) is 33.9 Å². The van der Waals surface area contributed by atoms with Crippen LogP contribution in [0.15, 0.2) is 35.8 Å². The van der Waals surface area contributed by atoms with Gasteiger partial charge in [-0.05, 0) is 0 Å². The molecule has 0 amide bonds. The van der Waals surface area contributed by atoms with Crippen molar-refractivity contribution in [3.05, 3.63) is 30.9 Å². The Labute approximate surface area is 119 Å². The average molecular weight is 279 g/mol. The summed E-state index contributed by atoms with van der Waals surface area (Å²) in [6.07, 6.45) is 1.71. The molecule has 20 heavy (non-hydrogen) atoms. The highest BCUT2D eigenvalue weighted by Crippen LogP contribution is 2.27. The number of benzene rings is 1. The Hall–Kier alpha value is -2.37. The number of rotatable bonds is 8. The van der Waals surface area contributed by atoms with E-state index in [-0.39, 0.29) is 0 Å². The lowest BCUT2D eigenvalue weighted by Crippen LogP contribution is -2.32. The third kappa shape index (κ3) is 5.51. The van der Waals surface area contributed by atoms with Crippen LogP contribution in [0.1, 0.15) is 0 Å². The molecule has 0 radical (unpaired) electrons. The Balaban J connectivity index is 2.47. The normalized spacial score (nSPS) is 10.8. The molecular formula is C14H21N3O3. The second-order valence-electron chi connectivity index (χ2n) is 3.83. The highest BCUT2D eigenvalue weighted by Gasteiger charge is 2.02. The molecule has 3 N–H and O–H groups in total. The van der Waals surface area contributed by atoms with Gasteiger partial charge in [0, 0.05) is 24.7 Å². The fraction of sp³-hybridized carbons (Fsp3) is 0.357. The predicted molar refractivity (Wildman–Crippen MR) is 79.7 cm³/mol. The summed E-state index contributed by atoms with van der Waals surface area (Å²) in [6, 6.07) is 5.35. The third-order valence-corrected chi connectivity index (χ3v) is 2.39. The SMILES string of the molecule is C=CCNC(N)=NCCOc1cc(OC)cc(OC)c1. The van der Waals surface area contributed by atoms with E-state index in [4.69, 9.17) is 19.9 Å². The maximum Gasteiger partial charge on any atom is 0.188 e. The maximum atomic E-state index is 5.63. The number of ether oxygens (including phenoxy) is 3. The molecule has 1 aromatic carbocycles. The quantitative estimate of drug-likeness (QED) is 0.323. The van der Waals surface area contributed by atoms with Crippen LogP contribution in [0, 0.1) is 0 Å². The summed E-state index contributed by atoms with van der Waals surface area (Å²) >= 11 is 0. The van der Waals surface area contributed by atoms with Crippen molar-refractivity contribution in [1.29, 1.82) is 0 Å². The van der Waals surface area contributed by atoms with Crippen LogP contribution >= 0.6 is 0 Å². The van der Waals surface area contributed by atoms with E-state index in [1.165, 1.54) is 0 Å². The van der Waals surface area contributed by atoms with Gasteiger partial charge in [-0.15, -0.1) is 6.58 Å². The minimum absolute atomic E-state index is 0.372. The first-order valence-corrected chi connectivity index (χ1v) is 6.20. The second-order valence-corrected chi connectivity index (χ2v) is 3.83. The van der Waals surface area contributed by atoms with Gasteiger partial charge in [0.15, 0.2) is 5.96 Å². The molecule has 110 valence electrons. The first-order valence-electron chi connectivity index (χ1n) is 6.20. The number of nitrogens with two attached hydrogens (primary N) is 1. The van der Waals surface area contributed by atoms with Gasteiger partial charge in [0.05, 0.1) is 20.8 Å². The van der Waals surface area contributed by atoms with Crippen LogP contribution in [-0.2, 0) is 0 Å². The molecule has 1 aromatic rings. The average Bonchev–Trinajstić information content (AvgIpc) is 2.49. The van der Waals surface area contributed by atoms with Crippen LogP contribution in [0.2, 0.25) is 0 Å². The molecule has 6 nitrogen and oxygen atoms in total. The third-order valence-electron chi connectivity index (χ3n) is 2.39. The molecule has 6 heteroatoms. The fourth-order valence-electron chi connectivity index (χ4n) is 1.43. The molecule has 0 bridgehead atoms. The van der Waals surface area contributed by atoms with E-state index in [1.54, 1.807) is 38.5 Å². The van der Waals surface area contributed by atoms with E-state index in [0.717, 1.165) is 0 Å². The number of hydrogen-bond acceptors (Lipinski definition) is 4. The molecule has 0 saturated heterocycles. The van der Waals surface area contributed by atoms with Gasteiger partial charge in [-0.25, -0.2) is 4.99 Å². The lowest BCUT2D eigenvalue weighted by atomic mass is 10.3. The van der Waals surface area contributed by atoms with Crippen LogP contribution in [0.5, 0.6) is 17.2 Å². The fourth-order valence-corrected chi connectivity index (χ4v) is 1.43. The number of methoxy groups -OCH3 is 2. The van der Waals surface area contributed by atoms with Gasteiger partial charge in [0.2, 0.25) is 0 Å². The van der Waals surface area contributed by atoms with Crippen molar-refractivity contribution < 1.29 is 14.2 Å². The van der Waals surface area contributed by atoms with Gasteiger partial charge in [-0.2, -0.15) is 0 Å². The van der Waals surface area contributed by atoms with E-state index >= 15 is 0 Å². The van der Waals surface area contributed by atoms with Crippen molar-refractivity contribution in [3.63, 3.8) is 0 Å². The molecule has 0 aliphatic rings. The van der Waals surface area contributed by atoms with E-state index in [0.29, 0.717) is 42.9 Å². The largest absolute Gasteiger partial charge is 0.496 e. The van der Waals surface area contributed by atoms with E-state index < -0.39 is 0 Å². The molecule has 0 atom stereocenters. The van der Waals surface area contributed by atoms with Crippen LogP contribution in [0.3, 0.4) is 0 Å². The topological polar surface area (TPSA) is 78.1 Å². The number of nitrogens with zero attached hydrogens (tertiary/aromatic N) is 1. The zero-order valence-corrected chi connectivity index (χ0v) is 11.9. The molecule has 0 aliphatic heterocycles. The predicted octanol–water partition coefficient (Wildman–Crippen LogP) is 1.17. The van der Waals surface area contributed by atoms with E-state index in [2.05, 4.69) is 16.9 Å². The molecule has 0 fully saturated rings. The van der Waals surface area contributed by atoms with Gasteiger partial charge in [-0.1, -0.05) is 6.08 Å². The highest BCUT2D eigenvalue weighted by molar-refractivity contribution is 5.77. The Kier molecular flexibility index (Phi) is 6.81. The zero-order valence-electron chi connectivity index (χ0n) is 11.9. The molecule has 0 aromatic heterocycles. The molecule has 0 heterocycles. The van der Waals surface area contributed by atoms with Crippen molar-refractivity contribution in [3.8, 4) is 17.2 Å². The first-order chi connectivity index (χ1) is 9.69. The summed E-state index contributed by atoms with van der Waals surface area (Å²) in [5.41, 5.74) is 5.63. The van der Waals surface area contributed by atoms with Crippen molar-refractivity contribution in [2.24, 2.45) is 10.7 Å². The van der Waals surface area contributed by atoms with Crippen LogP contribution in [0.4, 0.5) is 0 Å². The Morgan fingerprint density at radius 1 is 1.25 bits per heavy atom. The monoisotopic (exact) mass is 279 g/mol. The van der Waals surface area contributed by atoms with Gasteiger partial charge in [0.25, 0.3) is 0 Å². The van der Waals surface area contributed by atoms with Crippen molar-refractivity contribution in [2.45, 2.75) is 0 Å². The molecule has 0 saturated carbocycles. The summed E-state index contributed by atoms with van der Waals surface area (Å²) in [7, 11) is 3.18. The lowest BCUT2D eigenvalue weighted by molar-refractivity contribution is 0.321. The van der Waals surface area contributed by atoms with Crippen LogP contribution in [-0.4, -0.2) is 39.9 Å². The van der Waals surface area contributed by atoms with Gasteiger partial charge in [0.1, 0.15) is 23.9 Å². The van der Waals surface area contributed by atoms with E-state index in [9.17, 15) is 0 Å². The maximum absolute atomic E-state index is 5.63. The smallest absolute Gasteiger partial charge is 0.188 e. The minimum atomic E-state index is 0.372. The van der Waals surface area contributed by atoms with Gasteiger partial charge < -0.3 is 25.3 Å². The first kappa shape index (κ1) is 15.7. The Bertz CT molecular complexity index is 439. The number of nitrogens with one attached hydrogen (secondary N) is 1. The van der Waals surface area contributed by atoms with Crippen LogP contribution in [0.25, 0.3) is 0 Å². The summed E-state index contributed by atoms with van der Waals surface area (Å²) in [6.45, 7) is 5.03. The lowest BCUT2D eigenvalue weighted by Gasteiger charge is -2.09. The Morgan fingerprint density at radius 3 is 2.40 bits per heavy atom. The van der Waals surface area contributed by atoms with Crippen LogP contribution < -0.4 is 25.3 Å². The second kappa shape index (κ2) is 8.68. The van der Waals surface area contributed by atoms with Crippen molar-refractivity contribution >= 4 is 5.96 Å². The molecule has 0 aliphatic carbocycles. The zero-order chi connectivity index (χ0) is 14.8. The van der Waals surface area contributed by atoms with E-state index in [1.807, 2.05) is 0 Å². The number of aliphatic imine (C=N–C) groups is 1. The minimum Gasteiger partial charge on any atom is -0.496 e. The van der Waals surface area contributed by atoms with Gasteiger partial charge >= 0.3 is 0 Å². The number of guanidine groups is 1. The Morgan fingerprint density at radius 2 is 1.85 bits per heavy atom. The summed E-state index contributed by atoms with van der Waals surface area (Å²) in [5, 5.41) is 2.88. The van der Waals surface area contributed by atoms with Crippen molar-refractivity contribution in [1.82, 2.24) is 5.32 Å². The summed E-state index contributed by atoms with van der Waals surface area (Å²) in [4.78, 5) is 4.11. The summed E-state index contributed by atoms with van der Waals surface area (Å²) in [5.74, 6) is 2.38. The standard InChI is InChI=1S/C14H21N3O3/c1-4-5-16-14(15)17-6-7-20-13-9-11(18-2)8-12(10-13)19-3/h4,8-10H,1,5-7H2,2-3H3,(H3,15,16,17).